The van der Waals surface area contributed by atoms with Crippen LogP contribution in [0.4, 0.5) is 0 Å². The number of rotatable bonds is 7. The van der Waals surface area contributed by atoms with Gasteiger partial charge in [-0.15, -0.1) is 13.0 Å². The number of hydrogen-bond donors (Lipinski definition) is 2. The zero-order chi connectivity index (χ0) is 33.0. The predicted molar refractivity (Wildman–Crippen MR) is 148 cm³/mol. The van der Waals surface area contributed by atoms with E-state index in [0.717, 1.165) is 33.2 Å². The normalized spacial score (nSPS) is 6.17. The number of ether oxygens (including phenoxy) is 3. The van der Waals surface area contributed by atoms with E-state index in [-0.39, 0.29) is 78.6 Å². The van der Waals surface area contributed by atoms with E-state index in [0.29, 0.717) is 25.9 Å². The van der Waals surface area contributed by atoms with Gasteiger partial charge in [-0.05, 0) is 26.3 Å². The number of aldehydes is 2. The van der Waals surface area contributed by atoms with E-state index in [1.165, 1.54) is 6.26 Å². The maximum Gasteiger partial charge on any atom is 1.00 e. The summed E-state index contributed by atoms with van der Waals surface area (Å²) in [6, 6.07) is 3.44. The largest absolute Gasteiger partial charge is 1.00 e. The quantitative estimate of drug-likeness (QED) is 0.0984. The second-order valence-electron chi connectivity index (χ2n) is 4.54. The Morgan fingerprint density at radius 2 is 1.34 bits per heavy atom. The van der Waals surface area contributed by atoms with Gasteiger partial charge in [-0.3, -0.25) is 4.79 Å². The number of aromatic nitrogens is 1. The molecule has 0 bridgehead atoms. The van der Waals surface area contributed by atoms with Gasteiger partial charge in [-0.1, -0.05) is 32.9 Å². The van der Waals surface area contributed by atoms with Crippen LogP contribution < -0.4 is 69.3 Å². The van der Waals surface area contributed by atoms with E-state index in [1.54, 1.807) is 53.3 Å². The second kappa shape index (κ2) is 128. The molecule has 0 saturated heterocycles. The summed E-state index contributed by atoms with van der Waals surface area (Å²) in [5.41, 5.74) is 0. The molecule has 0 aliphatic heterocycles. The molecular formula is C26H52N2Na2O11. The van der Waals surface area contributed by atoms with Gasteiger partial charge < -0.3 is 48.7 Å². The summed E-state index contributed by atoms with van der Waals surface area (Å²) in [7, 11) is 5.02. The van der Waals surface area contributed by atoms with Crippen LogP contribution in [-0.4, -0.2) is 89.0 Å². The molecule has 234 valence electrons. The van der Waals surface area contributed by atoms with Crippen molar-refractivity contribution in [3.05, 3.63) is 29.9 Å². The Morgan fingerprint density at radius 1 is 1.02 bits per heavy atom. The first-order chi connectivity index (χ1) is 18.8. The van der Waals surface area contributed by atoms with Crippen molar-refractivity contribution in [2.24, 2.45) is 0 Å². The van der Waals surface area contributed by atoms with Crippen LogP contribution in [0.3, 0.4) is 0 Å². The molecule has 15 heteroatoms. The molecule has 0 spiro atoms. The first-order valence-corrected chi connectivity index (χ1v) is 11.5. The fraction of sp³-hybridized carbons (Fsp3) is 0.654. The number of hydrogen-bond acceptors (Lipinski definition) is 12. The van der Waals surface area contributed by atoms with Crippen LogP contribution in [0.25, 0.3) is 4.85 Å². The molecular weight excluding hydrogens is 562 g/mol. The van der Waals surface area contributed by atoms with Crippen molar-refractivity contribution in [2.75, 3.05) is 48.3 Å². The third kappa shape index (κ3) is 239. The minimum atomic E-state index is -0.0139. The number of aliphatic hydroxyl groups is 2. The molecule has 0 unspecified atom stereocenters. The third-order valence-electron chi connectivity index (χ3n) is 1.84. The summed E-state index contributed by atoms with van der Waals surface area (Å²) in [5.74, 6) is 0. The Bertz CT molecular complexity index is 468. The van der Waals surface area contributed by atoms with Crippen molar-refractivity contribution >= 4 is 19.0 Å². The number of nitrogens with zero attached hydrogens (tertiary/aromatic N) is 2. The molecule has 0 atom stereocenters. The summed E-state index contributed by atoms with van der Waals surface area (Å²) < 4.78 is 18.1. The van der Waals surface area contributed by atoms with Crippen LogP contribution in [0.1, 0.15) is 60.8 Å². The fourth-order valence-electron chi connectivity index (χ4n) is 0.673. The molecule has 1 aromatic rings. The molecule has 1 aromatic heterocycles. The Labute approximate surface area is 292 Å². The first kappa shape index (κ1) is 72.3. The van der Waals surface area contributed by atoms with Crippen LogP contribution in [-0.2, 0) is 28.6 Å². The van der Waals surface area contributed by atoms with Crippen LogP contribution in [0.2, 0.25) is 0 Å². The number of carbonyl (C=O) groups is 3. The molecule has 0 aliphatic carbocycles. The van der Waals surface area contributed by atoms with Gasteiger partial charge in [0.05, 0.1) is 12.8 Å². The van der Waals surface area contributed by atoms with Crippen molar-refractivity contribution in [1.29, 1.82) is 0 Å². The van der Waals surface area contributed by atoms with Crippen molar-refractivity contribution in [3.8, 4) is 12.5 Å². The average molecular weight is 615 g/mol. The zero-order valence-corrected chi connectivity index (χ0v) is 31.3. The van der Waals surface area contributed by atoms with E-state index in [9.17, 15) is 14.4 Å². The fourth-order valence-corrected chi connectivity index (χ4v) is 0.673. The van der Waals surface area contributed by atoms with Gasteiger partial charge in [0.15, 0.2) is 6.29 Å². The smallest absolute Gasteiger partial charge is 0.857 e. The molecule has 0 aliphatic rings. The molecule has 0 aromatic carbocycles. The molecule has 1 rings (SSSR count). The summed E-state index contributed by atoms with van der Waals surface area (Å²) in [5, 5.41) is 35.1. The van der Waals surface area contributed by atoms with Crippen LogP contribution >= 0.6 is 0 Å². The predicted octanol–water partition coefficient (Wildman–Crippen LogP) is -4.49. The Balaban J connectivity index is -0.0000000275. The van der Waals surface area contributed by atoms with E-state index in [1.807, 2.05) is 20.8 Å². The number of methoxy groups -OCH3 is 2. The SMILES string of the molecule is CCC(OC)OC.CCC=O.CCC=O.CCO.CCOC=O.CC[O-].CO.C[O-].[C-]#[N+]C#C.[Na+].[Na+].c1cnoc1. The number of carbonyl (C=O) groups excluding carboxylic acids is 3. The van der Waals surface area contributed by atoms with E-state index < -0.39 is 0 Å². The number of aliphatic hydroxyl groups excluding tert-OH is 2. The third-order valence-corrected chi connectivity index (χ3v) is 1.84. The van der Waals surface area contributed by atoms with Gasteiger partial charge in [0.1, 0.15) is 31.5 Å². The summed E-state index contributed by atoms with van der Waals surface area (Å²) >= 11 is 0. The van der Waals surface area contributed by atoms with Crippen LogP contribution in [0, 0.1) is 19.0 Å². The van der Waals surface area contributed by atoms with Crippen molar-refractivity contribution in [2.45, 2.75) is 67.1 Å². The summed E-state index contributed by atoms with van der Waals surface area (Å²) in [6.45, 7) is 17.6. The minimum absolute atomic E-state index is 0. The van der Waals surface area contributed by atoms with Gasteiger partial charge in [0.25, 0.3) is 6.47 Å². The summed E-state index contributed by atoms with van der Waals surface area (Å²) in [4.78, 5) is 30.0. The Hall–Kier alpha value is -1.17. The van der Waals surface area contributed by atoms with Gasteiger partial charge in [0, 0.05) is 40.8 Å². The molecule has 41 heavy (non-hydrogen) atoms. The zero-order valence-electron chi connectivity index (χ0n) is 27.3. The van der Waals surface area contributed by atoms with E-state index >= 15 is 0 Å². The van der Waals surface area contributed by atoms with E-state index in [2.05, 4.69) is 25.7 Å². The molecule has 0 saturated carbocycles. The van der Waals surface area contributed by atoms with Crippen molar-refractivity contribution < 1.29 is 113 Å². The standard InChI is InChI=1S/C5H12O2.C3H3NO.C3HN.C3H6O2.2C3H6O.C2H6O.C2H5O.CH4O.CH3O.2Na/c1-4-5(6-2)7-3;1-2-4-5-3-1;1-3-4-2;1-2-5-3-4;2*1-2-3-4;2*1-2-3;2*1-2;;/h5H,4H2,1-3H3;1-3H;1H;3H,2H2,1H3;2*3H,2H2,1H3;3H,2H2,1H3;2H2,1H3;2H,1H3;1H3;;/q;;;;;;;-1;;-1;2*+1. The minimum Gasteiger partial charge on any atom is -0.857 e. The van der Waals surface area contributed by atoms with Gasteiger partial charge >= 0.3 is 59.1 Å². The molecule has 1 heterocycles. The Morgan fingerprint density at radius 3 is 1.37 bits per heavy atom. The molecule has 0 amide bonds. The Kier molecular flexibility index (Phi) is 226. The van der Waals surface area contributed by atoms with Crippen LogP contribution in [0.15, 0.2) is 23.0 Å². The van der Waals surface area contributed by atoms with Crippen LogP contribution in [0.5, 0.6) is 0 Å². The van der Waals surface area contributed by atoms with E-state index in [4.69, 9.17) is 36.5 Å². The van der Waals surface area contributed by atoms with Gasteiger partial charge in [-0.25, -0.2) is 0 Å². The molecule has 0 fully saturated rings. The molecule has 2 N–H and O–H groups in total. The second-order valence-corrected chi connectivity index (χ2v) is 4.54. The maximum atomic E-state index is 9.18. The van der Waals surface area contributed by atoms with Gasteiger partial charge in [-0.2, -0.15) is 12.0 Å². The first-order valence-electron chi connectivity index (χ1n) is 11.5. The topological polar surface area (TPSA) is 196 Å². The average Bonchev–Trinajstić information content (AvgIpc) is 3.59. The van der Waals surface area contributed by atoms with Crippen molar-refractivity contribution in [1.82, 2.24) is 5.16 Å². The summed E-state index contributed by atoms with van der Waals surface area (Å²) in [6.07, 6.45) is 11.4. The number of terminal acetylenes is 1. The molecule has 13 nitrogen and oxygen atoms in total. The monoisotopic (exact) mass is 614 g/mol. The van der Waals surface area contributed by atoms with Crippen molar-refractivity contribution in [3.63, 3.8) is 0 Å². The molecule has 0 radical (unpaired) electrons. The maximum absolute atomic E-state index is 9.18. The van der Waals surface area contributed by atoms with Gasteiger partial charge in [0.2, 0.25) is 0 Å².